The second kappa shape index (κ2) is 7.57. The van der Waals surface area contributed by atoms with Crippen LogP contribution in [0.5, 0.6) is 0 Å². The van der Waals surface area contributed by atoms with Crippen molar-refractivity contribution in [1.29, 1.82) is 0 Å². The van der Waals surface area contributed by atoms with Crippen molar-refractivity contribution in [3.63, 3.8) is 0 Å². The number of hydrogen-bond acceptors (Lipinski definition) is 4. The van der Waals surface area contributed by atoms with Crippen molar-refractivity contribution < 1.29 is 0 Å². The molecule has 1 aromatic heterocycles. The Labute approximate surface area is 142 Å². The van der Waals surface area contributed by atoms with Crippen LogP contribution in [0.2, 0.25) is 5.02 Å². The van der Waals surface area contributed by atoms with E-state index in [4.69, 9.17) is 16.7 Å². The van der Waals surface area contributed by atoms with Crippen LogP contribution in [-0.4, -0.2) is 46.8 Å². The molecule has 120 valence electrons. The fourth-order valence-electron chi connectivity index (χ4n) is 2.69. The predicted molar refractivity (Wildman–Crippen MR) is 94.8 cm³/mol. The number of nitrogens with zero attached hydrogens (tertiary/aromatic N) is 4. The molecule has 2 aromatic rings. The topological polar surface area (TPSA) is 31.7 Å². The van der Waals surface area contributed by atoms with Gasteiger partial charge in [0, 0.05) is 55.7 Å². The third-order valence-electron chi connectivity index (χ3n) is 4.04. The molecule has 1 aliphatic heterocycles. The summed E-state index contributed by atoms with van der Waals surface area (Å²) >= 11 is 5.93. The first-order chi connectivity index (χ1) is 11.2. The molecule has 23 heavy (non-hydrogen) atoms. The van der Waals surface area contributed by atoms with E-state index in [1.165, 1.54) is 5.56 Å². The van der Waals surface area contributed by atoms with E-state index in [0.717, 1.165) is 49.0 Å². The SMILES string of the molecule is CC(=NN1CCN(Cc2ccc(Cl)cc2)CC1)c1cccnc1. The van der Waals surface area contributed by atoms with E-state index in [2.05, 4.69) is 27.0 Å². The van der Waals surface area contributed by atoms with Crippen LogP contribution in [0.1, 0.15) is 18.1 Å². The minimum absolute atomic E-state index is 0.791. The quantitative estimate of drug-likeness (QED) is 0.807. The van der Waals surface area contributed by atoms with Crippen molar-refractivity contribution in [3.05, 3.63) is 64.9 Å². The first-order valence-electron chi connectivity index (χ1n) is 7.88. The third kappa shape index (κ3) is 4.53. The molecule has 0 atom stereocenters. The van der Waals surface area contributed by atoms with Gasteiger partial charge in [-0.25, -0.2) is 0 Å². The highest BCUT2D eigenvalue weighted by Gasteiger charge is 2.16. The first kappa shape index (κ1) is 16.0. The van der Waals surface area contributed by atoms with Crippen LogP contribution in [0, 0.1) is 0 Å². The molecule has 1 aromatic carbocycles. The zero-order valence-corrected chi connectivity index (χ0v) is 14.1. The highest BCUT2D eigenvalue weighted by atomic mass is 35.5. The Bertz CT molecular complexity index is 646. The molecular formula is C18H21ClN4. The van der Waals surface area contributed by atoms with Crippen LogP contribution in [0.15, 0.2) is 53.9 Å². The van der Waals surface area contributed by atoms with Crippen LogP contribution < -0.4 is 0 Å². The summed E-state index contributed by atoms with van der Waals surface area (Å²) in [6.45, 7) is 6.95. The number of pyridine rings is 1. The van der Waals surface area contributed by atoms with Gasteiger partial charge in [-0.2, -0.15) is 5.10 Å². The minimum Gasteiger partial charge on any atom is -0.295 e. The Morgan fingerprint density at radius 3 is 2.52 bits per heavy atom. The largest absolute Gasteiger partial charge is 0.295 e. The standard InChI is InChI=1S/C18H21ClN4/c1-15(17-3-2-8-20-13-17)21-23-11-9-22(10-12-23)14-16-4-6-18(19)7-5-16/h2-8,13H,9-12,14H2,1H3. The van der Waals surface area contributed by atoms with E-state index in [-0.39, 0.29) is 0 Å². The Hall–Kier alpha value is -1.91. The van der Waals surface area contributed by atoms with Gasteiger partial charge < -0.3 is 0 Å². The lowest BCUT2D eigenvalue weighted by Gasteiger charge is -2.33. The summed E-state index contributed by atoms with van der Waals surface area (Å²) < 4.78 is 0. The number of aromatic nitrogens is 1. The summed E-state index contributed by atoms with van der Waals surface area (Å²) in [5.41, 5.74) is 3.40. The van der Waals surface area contributed by atoms with Gasteiger partial charge in [-0.05, 0) is 30.7 Å². The Kier molecular flexibility index (Phi) is 5.26. The van der Waals surface area contributed by atoms with Crippen molar-refractivity contribution in [2.45, 2.75) is 13.5 Å². The predicted octanol–water partition coefficient (Wildman–Crippen LogP) is 3.28. The lowest BCUT2D eigenvalue weighted by Crippen LogP contribution is -2.43. The van der Waals surface area contributed by atoms with Crippen LogP contribution in [-0.2, 0) is 6.54 Å². The third-order valence-corrected chi connectivity index (χ3v) is 4.29. The zero-order chi connectivity index (χ0) is 16.1. The summed E-state index contributed by atoms with van der Waals surface area (Å²) in [7, 11) is 0. The lowest BCUT2D eigenvalue weighted by atomic mass is 10.2. The van der Waals surface area contributed by atoms with Gasteiger partial charge in [0.1, 0.15) is 0 Å². The molecule has 0 N–H and O–H groups in total. The molecule has 4 nitrogen and oxygen atoms in total. The highest BCUT2D eigenvalue weighted by Crippen LogP contribution is 2.13. The maximum absolute atomic E-state index is 5.93. The molecule has 0 saturated carbocycles. The molecule has 1 saturated heterocycles. The second-order valence-electron chi connectivity index (χ2n) is 5.78. The molecule has 0 amide bonds. The molecule has 0 unspecified atom stereocenters. The van der Waals surface area contributed by atoms with Crippen molar-refractivity contribution in [1.82, 2.24) is 14.9 Å². The van der Waals surface area contributed by atoms with Gasteiger partial charge in [0.15, 0.2) is 0 Å². The van der Waals surface area contributed by atoms with Gasteiger partial charge in [-0.3, -0.25) is 14.9 Å². The fraction of sp³-hybridized carbons (Fsp3) is 0.333. The van der Waals surface area contributed by atoms with Crippen LogP contribution in [0.3, 0.4) is 0 Å². The van der Waals surface area contributed by atoms with E-state index in [0.29, 0.717) is 0 Å². The fourth-order valence-corrected chi connectivity index (χ4v) is 2.82. The average Bonchev–Trinajstić information content (AvgIpc) is 2.59. The lowest BCUT2D eigenvalue weighted by molar-refractivity contribution is 0.130. The van der Waals surface area contributed by atoms with E-state index >= 15 is 0 Å². The Morgan fingerprint density at radius 2 is 1.87 bits per heavy atom. The molecule has 0 aliphatic carbocycles. The van der Waals surface area contributed by atoms with Gasteiger partial charge in [-0.15, -0.1) is 0 Å². The van der Waals surface area contributed by atoms with Gasteiger partial charge in [0.05, 0.1) is 5.71 Å². The van der Waals surface area contributed by atoms with Crippen molar-refractivity contribution >= 4 is 17.3 Å². The second-order valence-corrected chi connectivity index (χ2v) is 6.22. The summed E-state index contributed by atoms with van der Waals surface area (Å²) in [4.78, 5) is 6.60. The molecular weight excluding hydrogens is 308 g/mol. The van der Waals surface area contributed by atoms with Gasteiger partial charge in [0.25, 0.3) is 0 Å². The van der Waals surface area contributed by atoms with E-state index in [1.807, 2.05) is 37.4 Å². The van der Waals surface area contributed by atoms with E-state index < -0.39 is 0 Å². The molecule has 0 radical (unpaired) electrons. The molecule has 1 aliphatic rings. The molecule has 1 fully saturated rings. The van der Waals surface area contributed by atoms with Crippen molar-refractivity contribution in [2.75, 3.05) is 26.2 Å². The maximum Gasteiger partial charge on any atom is 0.0662 e. The molecule has 2 heterocycles. The van der Waals surface area contributed by atoms with E-state index in [1.54, 1.807) is 6.20 Å². The number of benzene rings is 1. The summed E-state index contributed by atoms with van der Waals surface area (Å²) in [6, 6.07) is 12.1. The molecule has 5 heteroatoms. The molecule has 0 bridgehead atoms. The van der Waals surface area contributed by atoms with Gasteiger partial charge >= 0.3 is 0 Å². The number of piperazine rings is 1. The number of hydrogen-bond donors (Lipinski definition) is 0. The maximum atomic E-state index is 5.93. The van der Waals surface area contributed by atoms with Gasteiger partial charge in [-0.1, -0.05) is 29.8 Å². The minimum atomic E-state index is 0.791. The normalized spacial score (nSPS) is 16.6. The van der Waals surface area contributed by atoms with E-state index in [9.17, 15) is 0 Å². The molecule has 3 rings (SSSR count). The Balaban J connectivity index is 1.53. The van der Waals surface area contributed by atoms with Crippen LogP contribution >= 0.6 is 11.6 Å². The average molecular weight is 329 g/mol. The summed E-state index contributed by atoms with van der Waals surface area (Å²) in [5, 5.41) is 7.67. The number of halogens is 1. The van der Waals surface area contributed by atoms with Crippen LogP contribution in [0.25, 0.3) is 0 Å². The summed E-state index contributed by atoms with van der Waals surface area (Å²) in [6.07, 6.45) is 3.64. The monoisotopic (exact) mass is 328 g/mol. The zero-order valence-electron chi connectivity index (χ0n) is 13.3. The summed E-state index contributed by atoms with van der Waals surface area (Å²) in [5.74, 6) is 0. The van der Waals surface area contributed by atoms with Crippen molar-refractivity contribution in [2.24, 2.45) is 5.10 Å². The first-order valence-corrected chi connectivity index (χ1v) is 8.26. The van der Waals surface area contributed by atoms with Crippen LogP contribution in [0.4, 0.5) is 0 Å². The number of rotatable bonds is 4. The smallest absolute Gasteiger partial charge is 0.0662 e. The molecule has 0 spiro atoms. The number of hydrazone groups is 1. The van der Waals surface area contributed by atoms with Gasteiger partial charge in [0.2, 0.25) is 0 Å². The highest BCUT2D eigenvalue weighted by molar-refractivity contribution is 6.30. The van der Waals surface area contributed by atoms with Crippen molar-refractivity contribution in [3.8, 4) is 0 Å². The Morgan fingerprint density at radius 1 is 1.13 bits per heavy atom.